The molecule has 0 radical (unpaired) electrons. The SMILES string of the molecule is COc1cc(C2=NN(C(N)=S)C(c3ccc([N+](=O)[O-])cc3)C2)ccc1OCC(=O)O. The first kappa shape index (κ1) is 21.0. The monoisotopic (exact) mass is 430 g/mol. The molecule has 1 aliphatic rings. The zero-order valence-electron chi connectivity index (χ0n) is 15.8. The highest BCUT2D eigenvalue weighted by Crippen LogP contribution is 2.35. The van der Waals surface area contributed by atoms with Gasteiger partial charge in [-0.15, -0.1) is 0 Å². The van der Waals surface area contributed by atoms with Crippen LogP contribution in [0.1, 0.15) is 23.6 Å². The molecular weight excluding hydrogens is 412 g/mol. The average molecular weight is 430 g/mol. The van der Waals surface area contributed by atoms with Gasteiger partial charge in [0.1, 0.15) is 0 Å². The Morgan fingerprint density at radius 1 is 1.33 bits per heavy atom. The smallest absolute Gasteiger partial charge is 0.341 e. The lowest BCUT2D eigenvalue weighted by Crippen LogP contribution is -2.31. The number of hydrogen-bond acceptors (Lipinski definition) is 7. The molecule has 0 amide bonds. The van der Waals surface area contributed by atoms with E-state index >= 15 is 0 Å². The maximum atomic E-state index is 10.9. The summed E-state index contributed by atoms with van der Waals surface area (Å²) in [6.07, 6.45) is 0.452. The summed E-state index contributed by atoms with van der Waals surface area (Å²) in [5.74, 6) is -0.447. The summed E-state index contributed by atoms with van der Waals surface area (Å²) < 4.78 is 10.5. The van der Waals surface area contributed by atoms with E-state index in [0.29, 0.717) is 23.6 Å². The Hall–Kier alpha value is -3.73. The van der Waals surface area contributed by atoms with E-state index in [2.05, 4.69) is 5.10 Å². The van der Waals surface area contributed by atoms with Crippen molar-refractivity contribution in [2.24, 2.45) is 10.8 Å². The molecule has 0 bridgehead atoms. The van der Waals surface area contributed by atoms with Crippen LogP contribution < -0.4 is 15.2 Å². The first-order valence-electron chi connectivity index (χ1n) is 8.73. The van der Waals surface area contributed by atoms with E-state index in [4.69, 9.17) is 32.5 Å². The molecule has 0 saturated heterocycles. The number of nitrogens with zero attached hydrogens (tertiary/aromatic N) is 3. The van der Waals surface area contributed by atoms with Crippen LogP contribution in [0.3, 0.4) is 0 Å². The molecule has 2 aromatic rings. The highest BCUT2D eigenvalue weighted by Gasteiger charge is 2.31. The zero-order chi connectivity index (χ0) is 21.8. The van der Waals surface area contributed by atoms with E-state index in [-0.39, 0.29) is 16.8 Å². The zero-order valence-corrected chi connectivity index (χ0v) is 16.7. The molecule has 1 aliphatic heterocycles. The van der Waals surface area contributed by atoms with Gasteiger partial charge in [-0.05, 0) is 36.0 Å². The van der Waals surface area contributed by atoms with Gasteiger partial charge in [-0.1, -0.05) is 12.1 Å². The number of nitrogens with two attached hydrogens (primary N) is 1. The maximum absolute atomic E-state index is 10.9. The van der Waals surface area contributed by atoms with Crippen molar-refractivity contribution in [1.82, 2.24) is 5.01 Å². The fourth-order valence-corrected chi connectivity index (χ4v) is 3.24. The summed E-state index contributed by atoms with van der Waals surface area (Å²) in [5, 5.41) is 25.7. The molecular formula is C19H18N4O6S. The van der Waals surface area contributed by atoms with Crippen LogP contribution in [0.15, 0.2) is 47.6 Å². The second-order valence-electron chi connectivity index (χ2n) is 6.35. The molecule has 3 rings (SSSR count). The lowest BCUT2D eigenvalue weighted by molar-refractivity contribution is -0.384. The number of benzene rings is 2. The maximum Gasteiger partial charge on any atom is 0.341 e. The van der Waals surface area contributed by atoms with Crippen LogP contribution >= 0.6 is 12.2 Å². The van der Waals surface area contributed by atoms with E-state index < -0.39 is 17.5 Å². The molecule has 10 nitrogen and oxygen atoms in total. The molecule has 11 heteroatoms. The number of carbonyl (C=O) groups is 1. The molecule has 3 N–H and O–H groups in total. The van der Waals surface area contributed by atoms with E-state index in [1.807, 2.05) is 0 Å². The third-order valence-corrected chi connectivity index (χ3v) is 4.66. The molecule has 2 aromatic carbocycles. The lowest BCUT2D eigenvalue weighted by atomic mass is 9.98. The van der Waals surface area contributed by atoms with Crippen molar-refractivity contribution in [3.05, 3.63) is 63.7 Å². The lowest BCUT2D eigenvalue weighted by Gasteiger charge is -2.21. The fourth-order valence-electron chi connectivity index (χ4n) is 3.07. The van der Waals surface area contributed by atoms with Crippen molar-refractivity contribution in [1.29, 1.82) is 0 Å². The first-order valence-corrected chi connectivity index (χ1v) is 9.14. The van der Waals surface area contributed by atoms with Gasteiger partial charge >= 0.3 is 5.97 Å². The number of nitro groups is 1. The Balaban J connectivity index is 1.87. The van der Waals surface area contributed by atoms with Crippen molar-refractivity contribution in [2.75, 3.05) is 13.7 Å². The normalized spacial score (nSPS) is 15.4. The molecule has 0 fully saturated rings. The minimum atomic E-state index is -1.10. The highest BCUT2D eigenvalue weighted by molar-refractivity contribution is 7.80. The molecule has 1 atom stereocenters. The van der Waals surface area contributed by atoms with Gasteiger partial charge in [0.05, 0.1) is 23.8 Å². The number of methoxy groups -OCH3 is 1. The van der Waals surface area contributed by atoms with Crippen LogP contribution in [0.25, 0.3) is 0 Å². The largest absolute Gasteiger partial charge is 0.493 e. The first-order chi connectivity index (χ1) is 14.3. The Bertz CT molecular complexity index is 1020. The van der Waals surface area contributed by atoms with Gasteiger partial charge < -0.3 is 20.3 Å². The van der Waals surface area contributed by atoms with Gasteiger partial charge in [0.15, 0.2) is 23.2 Å². The van der Waals surface area contributed by atoms with Crippen molar-refractivity contribution in [3.63, 3.8) is 0 Å². The highest BCUT2D eigenvalue weighted by atomic mass is 32.1. The number of rotatable bonds is 7. The standard InChI is InChI=1S/C19H18N4O6S/c1-28-17-8-12(4-7-16(17)29-10-18(24)25)14-9-15(22(21-14)19(20)30)11-2-5-13(6-3-11)23(26)27/h2-8,15H,9-10H2,1H3,(H2,20,30)(H,24,25). The van der Waals surface area contributed by atoms with Gasteiger partial charge in [0, 0.05) is 24.1 Å². The van der Waals surface area contributed by atoms with Gasteiger partial charge in [0.2, 0.25) is 0 Å². The van der Waals surface area contributed by atoms with Gasteiger partial charge in [-0.3, -0.25) is 10.1 Å². The van der Waals surface area contributed by atoms with Crippen LogP contribution in [-0.2, 0) is 4.79 Å². The Morgan fingerprint density at radius 2 is 2.03 bits per heavy atom. The predicted octanol–water partition coefficient (Wildman–Crippen LogP) is 2.46. The number of carboxylic acids is 1. The van der Waals surface area contributed by atoms with Crippen LogP contribution in [0.5, 0.6) is 11.5 Å². The van der Waals surface area contributed by atoms with Gasteiger partial charge in [-0.25, -0.2) is 9.80 Å². The summed E-state index contributed by atoms with van der Waals surface area (Å²) in [5.41, 5.74) is 8.00. The minimum Gasteiger partial charge on any atom is -0.493 e. The molecule has 156 valence electrons. The van der Waals surface area contributed by atoms with Crippen LogP contribution in [-0.4, -0.2) is 45.5 Å². The van der Waals surface area contributed by atoms with Crippen LogP contribution in [0, 0.1) is 10.1 Å². The third-order valence-electron chi connectivity index (χ3n) is 4.47. The molecule has 0 spiro atoms. The Kier molecular flexibility index (Phi) is 6.11. The predicted molar refractivity (Wildman–Crippen MR) is 112 cm³/mol. The molecule has 0 aromatic heterocycles. The number of non-ortho nitro benzene ring substituents is 1. The molecule has 0 saturated carbocycles. The van der Waals surface area contributed by atoms with Gasteiger partial charge in [-0.2, -0.15) is 5.10 Å². The Morgan fingerprint density at radius 3 is 2.60 bits per heavy atom. The topological polar surface area (TPSA) is 141 Å². The van der Waals surface area contributed by atoms with E-state index in [1.165, 1.54) is 24.3 Å². The number of thiocarbonyl (C=S) groups is 1. The molecule has 30 heavy (non-hydrogen) atoms. The number of nitro benzene ring substituents is 1. The van der Waals surface area contributed by atoms with Crippen LogP contribution in [0.2, 0.25) is 0 Å². The summed E-state index contributed by atoms with van der Waals surface area (Å²) in [6.45, 7) is -0.492. The van der Waals surface area contributed by atoms with Gasteiger partial charge in [0.25, 0.3) is 5.69 Å². The van der Waals surface area contributed by atoms with E-state index in [0.717, 1.165) is 11.1 Å². The second kappa shape index (κ2) is 8.74. The molecule has 1 heterocycles. The molecule has 0 aliphatic carbocycles. The summed E-state index contributed by atoms with van der Waals surface area (Å²) in [6, 6.07) is 10.8. The Labute approximate surface area is 176 Å². The van der Waals surface area contributed by atoms with Crippen molar-refractivity contribution < 1.29 is 24.3 Å². The number of carboxylic acid groups (broad SMARTS) is 1. The fraction of sp³-hybridized carbons (Fsp3) is 0.211. The van der Waals surface area contributed by atoms with E-state index in [9.17, 15) is 14.9 Å². The number of hydrazone groups is 1. The number of hydrogen-bond donors (Lipinski definition) is 2. The van der Waals surface area contributed by atoms with Crippen LogP contribution in [0.4, 0.5) is 5.69 Å². The quantitative estimate of drug-likeness (QED) is 0.385. The van der Waals surface area contributed by atoms with Crippen molar-refractivity contribution in [2.45, 2.75) is 12.5 Å². The molecule has 1 unspecified atom stereocenters. The summed E-state index contributed by atoms with van der Waals surface area (Å²) >= 11 is 5.12. The number of ether oxygens (including phenoxy) is 2. The van der Waals surface area contributed by atoms with Crippen molar-refractivity contribution >= 4 is 34.7 Å². The number of aliphatic carboxylic acids is 1. The second-order valence-corrected chi connectivity index (χ2v) is 6.76. The summed E-state index contributed by atoms with van der Waals surface area (Å²) in [4.78, 5) is 21.2. The third kappa shape index (κ3) is 4.46. The average Bonchev–Trinajstić information content (AvgIpc) is 3.18. The van der Waals surface area contributed by atoms with E-state index in [1.54, 1.807) is 30.3 Å². The van der Waals surface area contributed by atoms with Crippen molar-refractivity contribution in [3.8, 4) is 11.5 Å². The summed E-state index contributed by atoms with van der Waals surface area (Å²) in [7, 11) is 1.45. The minimum absolute atomic E-state index is 0.0125.